The zero-order chi connectivity index (χ0) is 19.2. The van der Waals surface area contributed by atoms with Crippen molar-refractivity contribution in [1.29, 1.82) is 5.26 Å². The van der Waals surface area contributed by atoms with Crippen LogP contribution < -0.4 is 15.9 Å². The highest BCUT2D eigenvalue weighted by molar-refractivity contribution is 5.78. The molecule has 2 aromatic heterocycles. The van der Waals surface area contributed by atoms with E-state index in [2.05, 4.69) is 11.9 Å². The maximum Gasteiger partial charge on any atom is 0.266 e. The summed E-state index contributed by atoms with van der Waals surface area (Å²) in [5, 5.41) is 9.35. The molecular weight excluding hydrogens is 342 g/mol. The van der Waals surface area contributed by atoms with Crippen LogP contribution in [0.1, 0.15) is 30.9 Å². The van der Waals surface area contributed by atoms with E-state index >= 15 is 0 Å². The summed E-state index contributed by atoms with van der Waals surface area (Å²) in [6, 6.07) is 12.8. The number of nitrogens with one attached hydrogen (secondary N) is 1. The lowest BCUT2D eigenvalue weighted by Crippen LogP contribution is -2.22. The summed E-state index contributed by atoms with van der Waals surface area (Å²) < 4.78 is 7.38. The second-order valence-corrected chi connectivity index (χ2v) is 6.33. The molecule has 0 spiro atoms. The molecule has 3 rings (SSSR count). The predicted octanol–water partition coefficient (Wildman–Crippen LogP) is 2.98. The van der Waals surface area contributed by atoms with E-state index < -0.39 is 5.56 Å². The number of pyridine rings is 2. The molecule has 0 saturated heterocycles. The third-order valence-electron chi connectivity index (χ3n) is 4.38. The number of fused-ring (bicyclic) bond motifs is 1. The molecule has 1 aromatic carbocycles. The van der Waals surface area contributed by atoms with Crippen LogP contribution in [0.25, 0.3) is 10.9 Å². The molecule has 6 heteroatoms. The van der Waals surface area contributed by atoms with Gasteiger partial charge in [-0.15, -0.1) is 0 Å². The van der Waals surface area contributed by atoms with Crippen molar-refractivity contribution in [3.05, 3.63) is 74.4 Å². The average molecular weight is 363 g/mol. The van der Waals surface area contributed by atoms with Crippen molar-refractivity contribution in [2.45, 2.75) is 32.7 Å². The number of ether oxygens (including phenoxy) is 1. The van der Waals surface area contributed by atoms with Gasteiger partial charge in [0.15, 0.2) is 0 Å². The van der Waals surface area contributed by atoms with E-state index in [1.54, 1.807) is 16.8 Å². The van der Waals surface area contributed by atoms with E-state index in [9.17, 15) is 9.59 Å². The lowest BCUT2D eigenvalue weighted by Gasteiger charge is -2.11. The number of hydrogen-bond donors (Lipinski definition) is 1. The number of nitrogens with zero attached hydrogens (tertiary/aromatic N) is 2. The average Bonchev–Trinajstić information content (AvgIpc) is 2.68. The van der Waals surface area contributed by atoms with Gasteiger partial charge in [0, 0.05) is 12.7 Å². The fraction of sp³-hybridized carbons (Fsp3) is 0.286. The van der Waals surface area contributed by atoms with Crippen LogP contribution >= 0.6 is 0 Å². The van der Waals surface area contributed by atoms with Crippen molar-refractivity contribution in [3.8, 4) is 11.8 Å². The highest BCUT2D eigenvalue weighted by Gasteiger charge is 2.08. The maximum atomic E-state index is 12.7. The van der Waals surface area contributed by atoms with Crippen LogP contribution in [0.15, 0.2) is 52.2 Å². The number of aromatic amines is 1. The molecule has 0 unspecified atom stereocenters. The molecule has 0 amide bonds. The summed E-state index contributed by atoms with van der Waals surface area (Å²) >= 11 is 0. The highest BCUT2D eigenvalue weighted by atomic mass is 16.5. The summed E-state index contributed by atoms with van der Waals surface area (Å²) in [5.74, 6) is 0.890. The molecule has 0 bridgehead atoms. The van der Waals surface area contributed by atoms with Gasteiger partial charge in [-0.2, -0.15) is 5.26 Å². The number of rotatable bonds is 7. The second-order valence-electron chi connectivity index (χ2n) is 6.33. The standard InChI is InChI=1S/C21H21N3O3/c1-2-12-27-19-8-4-3-6-15(19)7-5-10-24-11-9-18-17(21(24)26)13-16(14-22)20(25)23-18/h3-4,6,8-9,11,13H,2,5,7,10,12H2,1H3,(H,23,25). The molecule has 27 heavy (non-hydrogen) atoms. The van der Waals surface area contributed by atoms with Gasteiger partial charge in [-0.25, -0.2) is 0 Å². The molecular formula is C21H21N3O3. The molecule has 0 aliphatic carbocycles. The van der Waals surface area contributed by atoms with Crippen LogP contribution in [0.4, 0.5) is 0 Å². The molecule has 0 radical (unpaired) electrons. The van der Waals surface area contributed by atoms with Gasteiger partial charge in [0.2, 0.25) is 0 Å². The summed E-state index contributed by atoms with van der Waals surface area (Å²) in [5.41, 5.74) is 0.815. The van der Waals surface area contributed by atoms with Crippen molar-refractivity contribution in [2.75, 3.05) is 6.61 Å². The highest BCUT2D eigenvalue weighted by Crippen LogP contribution is 2.20. The third kappa shape index (κ3) is 4.09. The zero-order valence-electron chi connectivity index (χ0n) is 15.2. The molecule has 1 N–H and O–H groups in total. The van der Waals surface area contributed by atoms with E-state index in [4.69, 9.17) is 10.00 Å². The van der Waals surface area contributed by atoms with Crippen molar-refractivity contribution >= 4 is 10.9 Å². The molecule has 2 heterocycles. The molecule has 6 nitrogen and oxygen atoms in total. The Hall–Kier alpha value is -3.33. The van der Waals surface area contributed by atoms with Crippen LogP contribution in [-0.4, -0.2) is 16.2 Å². The molecule has 138 valence electrons. The molecule has 0 saturated carbocycles. The minimum atomic E-state index is -0.481. The summed E-state index contributed by atoms with van der Waals surface area (Å²) in [6.07, 6.45) is 4.19. The summed E-state index contributed by atoms with van der Waals surface area (Å²) in [6.45, 7) is 3.29. The van der Waals surface area contributed by atoms with E-state index in [1.165, 1.54) is 6.07 Å². The van der Waals surface area contributed by atoms with Gasteiger partial charge in [-0.05, 0) is 43.0 Å². The maximum absolute atomic E-state index is 12.7. The molecule has 0 aliphatic rings. The Morgan fingerprint density at radius 1 is 1.22 bits per heavy atom. The predicted molar refractivity (Wildman–Crippen MR) is 104 cm³/mol. The largest absolute Gasteiger partial charge is 0.493 e. The first kappa shape index (κ1) is 18.5. The third-order valence-corrected chi connectivity index (χ3v) is 4.38. The summed E-state index contributed by atoms with van der Waals surface area (Å²) in [4.78, 5) is 26.9. The first-order valence-electron chi connectivity index (χ1n) is 9.01. The van der Waals surface area contributed by atoms with Crippen molar-refractivity contribution in [2.24, 2.45) is 0 Å². The molecule has 0 fully saturated rings. The van der Waals surface area contributed by atoms with Gasteiger partial charge in [0.25, 0.3) is 11.1 Å². The fourth-order valence-electron chi connectivity index (χ4n) is 3.00. The first-order valence-corrected chi connectivity index (χ1v) is 9.01. The number of H-pyrrole nitrogens is 1. The number of benzene rings is 1. The Kier molecular flexibility index (Phi) is 5.72. The van der Waals surface area contributed by atoms with E-state index in [-0.39, 0.29) is 11.1 Å². The lowest BCUT2D eigenvalue weighted by atomic mass is 10.1. The van der Waals surface area contributed by atoms with Crippen LogP contribution in [0.5, 0.6) is 5.75 Å². The minimum Gasteiger partial charge on any atom is -0.493 e. The fourth-order valence-corrected chi connectivity index (χ4v) is 3.00. The van der Waals surface area contributed by atoms with Crippen LogP contribution in [0, 0.1) is 11.3 Å². The van der Waals surface area contributed by atoms with Crippen LogP contribution in [0.3, 0.4) is 0 Å². The second kappa shape index (κ2) is 8.37. The Labute approximate surface area is 156 Å². The number of aryl methyl sites for hydroxylation is 2. The Morgan fingerprint density at radius 2 is 2.04 bits per heavy atom. The molecule has 0 atom stereocenters. The monoisotopic (exact) mass is 363 g/mol. The van der Waals surface area contributed by atoms with Gasteiger partial charge < -0.3 is 14.3 Å². The molecule has 3 aromatic rings. The van der Waals surface area contributed by atoms with E-state index in [0.29, 0.717) is 24.1 Å². The molecule has 0 aliphatic heterocycles. The normalized spacial score (nSPS) is 10.7. The minimum absolute atomic E-state index is 0.0562. The topological polar surface area (TPSA) is 87.9 Å². The Morgan fingerprint density at radius 3 is 2.81 bits per heavy atom. The van der Waals surface area contributed by atoms with Crippen LogP contribution in [-0.2, 0) is 13.0 Å². The van der Waals surface area contributed by atoms with E-state index in [1.807, 2.05) is 30.3 Å². The number of hydrogen-bond acceptors (Lipinski definition) is 4. The van der Waals surface area contributed by atoms with E-state index in [0.717, 1.165) is 30.6 Å². The van der Waals surface area contributed by atoms with Gasteiger partial charge >= 0.3 is 0 Å². The Bertz CT molecular complexity index is 1110. The van der Waals surface area contributed by atoms with Crippen molar-refractivity contribution in [1.82, 2.24) is 9.55 Å². The summed E-state index contributed by atoms with van der Waals surface area (Å²) in [7, 11) is 0. The van der Waals surface area contributed by atoms with Gasteiger partial charge in [0.1, 0.15) is 17.4 Å². The van der Waals surface area contributed by atoms with Gasteiger partial charge in [-0.3, -0.25) is 9.59 Å². The lowest BCUT2D eigenvalue weighted by molar-refractivity contribution is 0.313. The Balaban J connectivity index is 1.78. The van der Waals surface area contributed by atoms with Crippen LogP contribution in [0.2, 0.25) is 0 Å². The van der Waals surface area contributed by atoms with Crippen molar-refractivity contribution < 1.29 is 4.74 Å². The van der Waals surface area contributed by atoms with Gasteiger partial charge in [-0.1, -0.05) is 25.1 Å². The smallest absolute Gasteiger partial charge is 0.266 e. The number of para-hydroxylation sites is 1. The zero-order valence-corrected chi connectivity index (χ0v) is 15.2. The first-order chi connectivity index (χ1) is 13.1. The SMILES string of the molecule is CCCOc1ccccc1CCCn1ccc2[nH]c(=O)c(C#N)cc2c1=O. The number of aromatic nitrogens is 2. The van der Waals surface area contributed by atoms with Gasteiger partial charge in [0.05, 0.1) is 17.5 Å². The number of nitriles is 1. The quantitative estimate of drug-likeness (QED) is 0.699. The van der Waals surface area contributed by atoms with Crippen molar-refractivity contribution in [3.63, 3.8) is 0 Å².